The van der Waals surface area contributed by atoms with Gasteiger partial charge in [-0.05, 0) is 0 Å². The first-order valence-electron chi connectivity index (χ1n) is 3.14. The highest BCUT2D eigenvalue weighted by atomic mass is 27.1. The highest BCUT2D eigenvalue weighted by Crippen LogP contribution is 1.89. The van der Waals surface area contributed by atoms with Gasteiger partial charge in [0, 0.05) is 13.1 Å². The first-order valence-corrected chi connectivity index (χ1v) is 4.81. The van der Waals surface area contributed by atoms with Crippen molar-refractivity contribution in [2.75, 3.05) is 19.6 Å². The summed E-state index contributed by atoms with van der Waals surface area (Å²) in [6, 6.07) is 0. The molecule has 1 N–H and O–H groups in total. The van der Waals surface area contributed by atoms with Crippen LogP contribution in [0.3, 0.4) is 0 Å². The number of hydrogen-bond donors (Lipinski definition) is 1. The summed E-state index contributed by atoms with van der Waals surface area (Å²) >= 11 is 0.198. The first-order chi connectivity index (χ1) is 4.34. The third kappa shape index (κ3) is 1.68. The van der Waals surface area contributed by atoms with Gasteiger partial charge in [0.25, 0.3) is 0 Å². The highest BCUT2D eigenvalue weighted by molar-refractivity contribution is 6.35. The molecule has 1 aliphatic rings. The van der Waals surface area contributed by atoms with Crippen molar-refractivity contribution in [3.8, 4) is 0 Å². The maximum absolute atomic E-state index is 10.9. The summed E-state index contributed by atoms with van der Waals surface area (Å²) in [6.07, 6.45) is 0. The molecule has 1 heterocycles. The van der Waals surface area contributed by atoms with Crippen molar-refractivity contribution in [3.63, 3.8) is 0 Å². The Labute approximate surface area is 61.3 Å². The number of rotatable bonds is 1. The molecule has 0 atom stereocenters. The molecule has 0 aromatic carbocycles. The average Bonchev–Trinajstić information content (AvgIpc) is 1.89. The molecule has 1 radical (unpaired) electrons. The van der Waals surface area contributed by atoms with E-state index in [1.807, 2.05) is 3.88 Å². The predicted molar refractivity (Wildman–Crippen MR) is 36.2 cm³/mol. The zero-order valence-corrected chi connectivity index (χ0v) is 6.71. The molecule has 0 aromatic rings. The molecule has 0 aromatic heterocycles. The lowest BCUT2D eigenvalue weighted by Gasteiger charge is -2.26. The van der Waals surface area contributed by atoms with Crippen molar-refractivity contribution in [2.45, 2.75) is 5.79 Å². The van der Waals surface area contributed by atoms with E-state index in [0.29, 0.717) is 6.54 Å². The molecule has 0 unspecified atom stereocenters. The van der Waals surface area contributed by atoms with Crippen molar-refractivity contribution < 1.29 is 4.79 Å². The molecule has 0 saturated carbocycles. The first kappa shape index (κ1) is 7.07. The number of carbonyl (C=O) groups is 1. The molecule has 1 rings (SSSR count). The van der Waals surface area contributed by atoms with E-state index in [4.69, 9.17) is 0 Å². The van der Waals surface area contributed by atoms with Crippen LogP contribution < -0.4 is 5.32 Å². The number of piperazine rings is 1. The van der Waals surface area contributed by atoms with Crippen LogP contribution in [-0.2, 0) is 4.79 Å². The Balaban J connectivity index is 2.39. The summed E-state index contributed by atoms with van der Waals surface area (Å²) in [5.41, 5.74) is 0. The smallest absolute Gasteiger partial charge is 0.371 e. The normalized spacial score (nSPS) is 20.1. The fourth-order valence-electron chi connectivity index (χ4n) is 0.894. The minimum absolute atomic E-state index is 0.198. The van der Waals surface area contributed by atoms with Gasteiger partial charge in [-0.2, -0.15) is 0 Å². The number of carbonyl (C=O) groups excluding carboxylic acids is 1. The van der Waals surface area contributed by atoms with Crippen LogP contribution in [0.1, 0.15) is 0 Å². The van der Waals surface area contributed by atoms with Crippen LogP contribution in [0.5, 0.6) is 0 Å². The summed E-state index contributed by atoms with van der Waals surface area (Å²) in [5, 5.41) is 3.02. The molecule has 1 amide bonds. The number of nitrogens with zero attached hydrogens (tertiary/aromatic N) is 1. The van der Waals surface area contributed by atoms with Gasteiger partial charge in [0.2, 0.25) is 5.91 Å². The molecule has 9 heavy (non-hydrogen) atoms. The molecule has 4 heteroatoms. The minimum Gasteiger partial charge on any atom is -0.439 e. The van der Waals surface area contributed by atoms with Crippen LogP contribution in [0.2, 0.25) is 5.79 Å². The summed E-state index contributed by atoms with van der Waals surface area (Å²) in [6.45, 7) is 2.41. The van der Waals surface area contributed by atoms with Crippen LogP contribution in [0, 0.1) is 0 Å². The summed E-state index contributed by atoms with van der Waals surface area (Å²) in [5.74, 6) is 2.35. The molecule has 1 fully saturated rings. The fourth-order valence-corrected chi connectivity index (χ4v) is 1.66. The van der Waals surface area contributed by atoms with Crippen molar-refractivity contribution in [3.05, 3.63) is 0 Å². The summed E-state index contributed by atoms with van der Waals surface area (Å²) < 4.78 is 1.94. The lowest BCUT2D eigenvalue weighted by atomic mass is 10.4. The SMILES string of the molecule is [CH3][Al][N]1CCNCC1=O. The minimum atomic E-state index is 0.198. The quantitative estimate of drug-likeness (QED) is 0.479. The Morgan fingerprint density at radius 3 is 3.00 bits per heavy atom. The van der Waals surface area contributed by atoms with Gasteiger partial charge in [-0.25, -0.2) is 0 Å². The van der Waals surface area contributed by atoms with Gasteiger partial charge >= 0.3 is 15.4 Å². The van der Waals surface area contributed by atoms with Crippen LogP contribution in [-0.4, -0.2) is 44.9 Å². The maximum atomic E-state index is 10.9. The van der Waals surface area contributed by atoms with Gasteiger partial charge < -0.3 is 9.20 Å². The molecule has 0 spiro atoms. The Hall–Kier alpha value is -0.0375. The molecule has 1 aliphatic heterocycles. The number of amides is 1. The molecule has 0 aliphatic carbocycles. The standard InChI is InChI=1S/C4H8N2O.CH3.Al/c7-4-3-5-1-2-6-4;;/h5H,1-3H2,(H,6,7);1H3;/q;;+1/p-1. The van der Waals surface area contributed by atoms with Crippen molar-refractivity contribution in [1.82, 2.24) is 9.20 Å². The zero-order chi connectivity index (χ0) is 6.69. The second-order valence-corrected chi connectivity index (χ2v) is 3.16. The molecular weight excluding hydrogens is 131 g/mol. The van der Waals surface area contributed by atoms with Crippen molar-refractivity contribution >= 4 is 21.3 Å². The van der Waals surface area contributed by atoms with Gasteiger partial charge in [0.05, 0.1) is 6.54 Å². The van der Waals surface area contributed by atoms with Gasteiger partial charge in [0.15, 0.2) is 0 Å². The van der Waals surface area contributed by atoms with Crippen molar-refractivity contribution in [2.24, 2.45) is 0 Å². The van der Waals surface area contributed by atoms with E-state index in [1.165, 1.54) is 0 Å². The maximum Gasteiger partial charge on any atom is 0.371 e. The van der Waals surface area contributed by atoms with Crippen LogP contribution in [0.25, 0.3) is 0 Å². The van der Waals surface area contributed by atoms with E-state index in [2.05, 4.69) is 11.1 Å². The zero-order valence-electron chi connectivity index (χ0n) is 5.55. The predicted octanol–water partition coefficient (Wildman–Crippen LogP) is -0.915. The molecule has 49 valence electrons. The Morgan fingerprint density at radius 1 is 1.78 bits per heavy atom. The van der Waals surface area contributed by atoms with E-state index in [1.54, 1.807) is 0 Å². The molecule has 0 bridgehead atoms. The second-order valence-electron chi connectivity index (χ2n) is 2.02. The van der Waals surface area contributed by atoms with Gasteiger partial charge in [-0.1, -0.05) is 5.79 Å². The Kier molecular flexibility index (Phi) is 2.52. The van der Waals surface area contributed by atoms with E-state index in [-0.39, 0.29) is 21.3 Å². The van der Waals surface area contributed by atoms with Gasteiger partial charge in [-0.15, -0.1) is 0 Å². The molecular formula is C5H10AlN2O. The lowest BCUT2D eigenvalue weighted by Crippen LogP contribution is -2.48. The van der Waals surface area contributed by atoms with Crippen LogP contribution >= 0.6 is 0 Å². The van der Waals surface area contributed by atoms with E-state index >= 15 is 0 Å². The Morgan fingerprint density at radius 2 is 2.56 bits per heavy atom. The number of hydrogen-bond acceptors (Lipinski definition) is 2. The largest absolute Gasteiger partial charge is 0.439 e. The summed E-state index contributed by atoms with van der Waals surface area (Å²) in [4.78, 5) is 10.9. The van der Waals surface area contributed by atoms with Crippen LogP contribution in [0.15, 0.2) is 0 Å². The summed E-state index contributed by atoms with van der Waals surface area (Å²) in [7, 11) is 0. The second kappa shape index (κ2) is 3.21. The average molecular weight is 141 g/mol. The van der Waals surface area contributed by atoms with E-state index in [9.17, 15) is 4.79 Å². The molecule has 3 nitrogen and oxygen atoms in total. The van der Waals surface area contributed by atoms with Crippen LogP contribution in [0.4, 0.5) is 0 Å². The van der Waals surface area contributed by atoms with Gasteiger partial charge in [0.1, 0.15) is 0 Å². The topological polar surface area (TPSA) is 32.3 Å². The van der Waals surface area contributed by atoms with E-state index < -0.39 is 0 Å². The fraction of sp³-hybridized carbons (Fsp3) is 0.800. The van der Waals surface area contributed by atoms with E-state index in [0.717, 1.165) is 13.1 Å². The van der Waals surface area contributed by atoms with Gasteiger partial charge in [-0.3, -0.25) is 4.79 Å². The monoisotopic (exact) mass is 141 g/mol. The number of nitrogens with one attached hydrogen (secondary N) is 1. The molecule has 1 saturated heterocycles. The third-order valence-corrected chi connectivity index (χ3v) is 2.61. The highest BCUT2D eigenvalue weighted by Gasteiger charge is 2.14. The lowest BCUT2D eigenvalue weighted by molar-refractivity contribution is -0.127. The van der Waals surface area contributed by atoms with Crippen molar-refractivity contribution in [1.29, 1.82) is 0 Å². The Bertz CT molecular complexity index is 118. The third-order valence-electron chi connectivity index (χ3n) is 1.44.